The van der Waals surface area contributed by atoms with E-state index in [4.69, 9.17) is 20.3 Å². The molecule has 5 N–H and O–H groups in total. The summed E-state index contributed by atoms with van der Waals surface area (Å²) in [7, 11) is 1.62. The summed E-state index contributed by atoms with van der Waals surface area (Å²) in [5.74, 6) is 1.32. The largest absolute Gasteiger partial charge is 0.456 e. The molecule has 1 heterocycles. The van der Waals surface area contributed by atoms with Crippen LogP contribution in [0.25, 0.3) is 10.9 Å². The molecule has 194 valence electrons. The summed E-state index contributed by atoms with van der Waals surface area (Å²) in [6.07, 6.45) is 9.78. The molecule has 8 heteroatoms. The highest BCUT2D eigenvalue weighted by Crippen LogP contribution is 2.36. The van der Waals surface area contributed by atoms with Crippen molar-refractivity contribution in [3.8, 4) is 11.5 Å². The number of hydrogen-bond acceptors (Lipinski definition) is 6. The van der Waals surface area contributed by atoms with Crippen molar-refractivity contribution in [2.24, 2.45) is 16.5 Å². The van der Waals surface area contributed by atoms with Gasteiger partial charge in [-0.2, -0.15) is 0 Å². The van der Waals surface area contributed by atoms with Crippen LogP contribution in [0, 0.1) is 13.8 Å². The lowest BCUT2D eigenvalue weighted by Crippen LogP contribution is -2.30. The summed E-state index contributed by atoms with van der Waals surface area (Å²) < 4.78 is 6.38. The molecular weight excluding hydrogens is 466 g/mol. The Labute approximate surface area is 217 Å². The number of aromatic nitrogens is 1. The Morgan fingerprint density at radius 3 is 2.41 bits per heavy atom. The molecule has 0 radical (unpaired) electrons. The van der Waals surface area contributed by atoms with Crippen LogP contribution in [-0.4, -0.2) is 36.1 Å². The number of nitrogens with one attached hydrogen (secondary N) is 1. The van der Waals surface area contributed by atoms with E-state index in [0.29, 0.717) is 17.7 Å². The molecule has 1 saturated carbocycles. The lowest BCUT2D eigenvalue weighted by atomic mass is 9.79. The molecule has 2 aromatic carbocycles. The van der Waals surface area contributed by atoms with E-state index >= 15 is 0 Å². The number of carbonyl (C=O) groups is 2. The number of fused-ring (bicyclic) bond motifs is 1. The number of rotatable bonds is 7. The molecule has 1 aromatic heterocycles. The maximum atomic E-state index is 12.1. The molecule has 37 heavy (non-hydrogen) atoms. The first-order valence-electron chi connectivity index (χ1n) is 12.2. The van der Waals surface area contributed by atoms with Crippen LogP contribution in [0.2, 0.25) is 0 Å². The van der Waals surface area contributed by atoms with E-state index in [0.717, 1.165) is 51.8 Å². The minimum absolute atomic E-state index is 0.0722. The fraction of sp³-hybridized carbons (Fsp3) is 0.310. The van der Waals surface area contributed by atoms with E-state index in [9.17, 15) is 4.79 Å². The summed E-state index contributed by atoms with van der Waals surface area (Å²) in [5, 5.41) is 3.45. The van der Waals surface area contributed by atoms with Crippen LogP contribution in [-0.2, 0) is 11.2 Å². The Morgan fingerprint density at radius 1 is 1.16 bits per heavy atom. The smallest absolute Gasteiger partial charge is 0.251 e. The van der Waals surface area contributed by atoms with Crippen LogP contribution >= 0.6 is 0 Å². The summed E-state index contributed by atoms with van der Waals surface area (Å²) >= 11 is 0. The Bertz CT molecular complexity index is 1320. The number of aliphatic imine (C=N–C) groups is 1. The van der Waals surface area contributed by atoms with Crippen molar-refractivity contribution < 1.29 is 14.3 Å². The van der Waals surface area contributed by atoms with Gasteiger partial charge in [0.1, 0.15) is 11.5 Å². The molecule has 0 spiro atoms. The average molecular weight is 502 g/mol. The molecular formula is C29H35N5O3. The zero-order chi connectivity index (χ0) is 27.0. The standard InChI is InChI=1S/C28H32N4O2.CH3NO/c1-18-12-20(14-21(16-29)17-32-28(3)9-5-10-28)13-19(2)26(18)34-25-8-11-31-24-7-6-22(15-23(24)25)27(33)30-4;2-1-3/h6-8,11-13,15-17H,5,9-10,14,29H2,1-4H3,(H,30,33);1H,(H2,2,3)/b21-16-,32-17?;. The van der Waals surface area contributed by atoms with Gasteiger partial charge in [-0.3, -0.25) is 19.6 Å². The van der Waals surface area contributed by atoms with Gasteiger partial charge in [0, 0.05) is 36.8 Å². The van der Waals surface area contributed by atoms with Crippen LogP contribution in [0.5, 0.6) is 11.5 Å². The van der Waals surface area contributed by atoms with Crippen molar-refractivity contribution in [2.45, 2.75) is 52.0 Å². The second-order valence-electron chi connectivity index (χ2n) is 9.44. The van der Waals surface area contributed by atoms with Crippen molar-refractivity contribution in [1.82, 2.24) is 10.3 Å². The summed E-state index contributed by atoms with van der Waals surface area (Å²) in [6.45, 7) is 6.28. The van der Waals surface area contributed by atoms with Crippen molar-refractivity contribution in [3.05, 3.63) is 76.6 Å². The predicted octanol–water partition coefficient (Wildman–Crippen LogP) is 4.50. The number of benzene rings is 2. The molecule has 0 saturated heterocycles. The van der Waals surface area contributed by atoms with Gasteiger partial charge in [-0.05, 0) is 92.8 Å². The van der Waals surface area contributed by atoms with Crippen LogP contribution < -0.4 is 21.5 Å². The average Bonchev–Trinajstić information content (AvgIpc) is 2.87. The number of primary amides is 1. The van der Waals surface area contributed by atoms with Gasteiger partial charge in [0.05, 0.1) is 11.1 Å². The highest BCUT2D eigenvalue weighted by Gasteiger charge is 2.30. The fourth-order valence-electron chi connectivity index (χ4n) is 4.35. The molecule has 1 aliphatic rings. The number of amides is 2. The number of aryl methyl sites for hydroxylation is 2. The first-order valence-corrected chi connectivity index (χ1v) is 12.2. The van der Waals surface area contributed by atoms with Gasteiger partial charge in [-0.25, -0.2) is 0 Å². The molecule has 0 atom stereocenters. The molecule has 0 unspecified atom stereocenters. The minimum atomic E-state index is -0.146. The summed E-state index contributed by atoms with van der Waals surface area (Å²) in [6, 6.07) is 11.5. The molecule has 8 nitrogen and oxygen atoms in total. The monoisotopic (exact) mass is 501 g/mol. The summed E-state index contributed by atoms with van der Waals surface area (Å²) in [4.78, 5) is 29.9. The van der Waals surface area contributed by atoms with Gasteiger partial charge < -0.3 is 21.5 Å². The van der Waals surface area contributed by atoms with Crippen LogP contribution in [0.15, 0.2) is 59.4 Å². The maximum Gasteiger partial charge on any atom is 0.251 e. The lowest BCUT2D eigenvalue weighted by Gasteiger charge is -2.34. The SMILES string of the molecule is CNC(=O)c1ccc2nccc(Oc3c(C)cc(C/C(C=NC4(C)CCC4)=C/N)cc3C)c2c1.NC=O. The molecule has 4 rings (SSSR count). The van der Waals surface area contributed by atoms with E-state index < -0.39 is 0 Å². The zero-order valence-electron chi connectivity index (χ0n) is 21.9. The fourth-order valence-corrected chi connectivity index (χ4v) is 4.35. The van der Waals surface area contributed by atoms with E-state index in [1.54, 1.807) is 25.5 Å². The van der Waals surface area contributed by atoms with E-state index in [2.05, 4.69) is 35.1 Å². The number of nitrogens with zero attached hydrogens (tertiary/aromatic N) is 2. The zero-order valence-corrected chi connectivity index (χ0v) is 21.9. The highest BCUT2D eigenvalue weighted by atomic mass is 16.5. The Hall–Kier alpha value is -4.20. The first-order chi connectivity index (χ1) is 17.7. The molecule has 1 fully saturated rings. The summed E-state index contributed by atoms with van der Waals surface area (Å²) in [5.41, 5.74) is 15.7. The van der Waals surface area contributed by atoms with E-state index in [1.807, 2.05) is 38.3 Å². The second kappa shape index (κ2) is 12.2. The highest BCUT2D eigenvalue weighted by molar-refractivity contribution is 5.99. The van der Waals surface area contributed by atoms with E-state index in [-0.39, 0.29) is 17.9 Å². The van der Waals surface area contributed by atoms with Gasteiger partial charge in [0.2, 0.25) is 6.41 Å². The minimum Gasteiger partial charge on any atom is -0.456 e. The Morgan fingerprint density at radius 2 is 1.84 bits per heavy atom. The number of hydrogen-bond donors (Lipinski definition) is 3. The Balaban J connectivity index is 0.00000121. The van der Waals surface area contributed by atoms with Gasteiger partial charge in [-0.15, -0.1) is 0 Å². The normalized spacial score (nSPS) is 14.4. The van der Waals surface area contributed by atoms with E-state index in [1.165, 1.54) is 6.42 Å². The third kappa shape index (κ3) is 6.73. The van der Waals surface area contributed by atoms with Crippen LogP contribution in [0.1, 0.15) is 53.2 Å². The van der Waals surface area contributed by atoms with Crippen molar-refractivity contribution in [2.75, 3.05) is 7.05 Å². The molecule has 3 aromatic rings. The van der Waals surface area contributed by atoms with Crippen molar-refractivity contribution >= 4 is 29.4 Å². The van der Waals surface area contributed by atoms with Gasteiger partial charge >= 0.3 is 0 Å². The number of nitrogens with two attached hydrogens (primary N) is 2. The number of carbonyl (C=O) groups excluding carboxylic acids is 2. The first kappa shape index (κ1) is 27.4. The third-order valence-electron chi connectivity index (χ3n) is 6.52. The second-order valence-corrected chi connectivity index (χ2v) is 9.44. The number of allylic oxidation sites excluding steroid dienone is 1. The third-order valence-corrected chi connectivity index (χ3v) is 6.52. The molecule has 2 amide bonds. The van der Waals surface area contributed by atoms with Gasteiger partial charge in [-0.1, -0.05) is 12.1 Å². The van der Waals surface area contributed by atoms with Gasteiger partial charge in [0.15, 0.2) is 0 Å². The predicted molar refractivity (Wildman–Crippen MR) is 148 cm³/mol. The maximum absolute atomic E-state index is 12.1. The van der Waals surface area contributed by atoms with Crippen molar-refractivity contribution in [3.63, 3.8) is 0 Å². The Kier molecular flexibility index (Phi) is 9.00. The topological polar surface area (TPSA) is 133 Å². The number of ether oxygens (including phenoxy) is 1. The van der Waals surface area contributed by atoms with Crippen molar-refractivity contribution in [1.29, 1.82) is 0 Å². The number of pyridine rings is 1. The molecule has 0 bridgehead atoms. The molecule has 1 aliphatic carbocycles. The quantitative estimate of drug-likeness (QED) is 0.324. The lowest BCUT2D eigenvalue weighted by molar-refractivity contribution is -0.106. The van der Waals surface area contributed by atoms with Crippen LogP contribution in [0.4, 0.5) is 0 Å². The van der Waals surface area contributed by atoms with Crippen LogP contribution in [0.3, 0.4) is 0 Å². The van der Waals surface area contributed by atoms with Gasteiger partial charge in [0.25, 0.3) is 5.91 Å². The molecule has 0 aliphatic heterocycles.